The van der Waals surface area contributed by atoms with Crippen LogP contribution < -0.4 is 10.3 Å². The lowest BCUT2D eigenvalue weighted by molar-refractivity contribution is 0.905. The van der Waals surface area contributed by atoms with E-state index in [0.29, 0.717) is 0 Å². The van der Waals surface area contributed by atoms with Crippen LogP contribution >= 0.6 is 11.3 Å². The van der Waals surface area contributed by atoms with Gasteiger partial charge in [0.15, 0.2) is 0 Å². The quantitative estimate of drug-likeness (QED) is 0.390. The normalized spacial score (nSPS) is 13.2. The maximum absolute atomic E-state index is 4.58. The molecule has 130 valence electrons. The average molecular weight is 360 g/mol. The standard InChI is InChI=1S/C21H20N4S/c1-2-11-25-12-10-18-13-16(8-9-20(18)25)14-22-24-21-23-19(15-26-21)17-6-4-3-5-7-17/h2-9,13-15H,1,10-12H2,(H,23,24). The molecule has 4 rings (SSSR count). The Labute approximate surface area is 157 Å². The Kier molecular flexibility index (Phi) is 4.80. The predicted molar refractivity (Wildman–Crippen MR) is 111 cm³/mol. The SMILES string of the molecule is C=CCN1CCc2cc(C=NNc3nc(-c4ccccc4)cs3)ccc21. The number of nitrogens with zero attached hydrogens (tertiary/aromatic N) is 3. The van der Waals surface area contributed by atoms with Gasteiger partial charge in [0.25, 0.3) is 0 Å². The average Bonchev–Trinajstić information content (AvgIpc) is 3.30. The molecule has 0 spiro atoms. The summed E-state index contributed by atoms with van der Waals surface area (Å²) < 4.78 is 0. The van der Waals surface area contributed by atoms with Gasteiger partial charge in [-0.3, -0.25) is 5.43 Å². The summed E-state index contributed by atoms with van der Waals surface area (Å²) >= 11 is 1.55. The van der Waals surface area contributed by atoms with Crippen LogP contribution in [0.2, 0.25) is 0 Å². The highest BCUT2D eigenvalue weighted by molar-refractivity contribution is 7.14. The van der Waals surface area contributed by atoms with Crippen molar-refractivity contribution in [2.75, 3.05) is 23.4 Å². The predicted octanol–water partition coefficient (Wildman–Crippen LogP) is 4.80. The Balaban J connectivity index is 1.42. The minimum atomic E-state index is 0.790. The van der Waals surface area contributed by atoms with Gasteiger partial charge in [-0.25, -0.2) is 4.98 Å². The smallest absolute Gasteiger partial charge is 0.203 e. The fraction of sp³-hybridized carbons (Fsp3) is 0.143. The third-order valence-electron chi connectivity index (χ3n) is 4.39. The molecule has 5 heteroatoms. The van der Waals surface area contributed by atoms with E-state index in [1.165, 1.54) is 11.3 Å². The maximum atomic E-state index is 4.58. The Morgan fingerprint density at radius 2 is 2.12 bits per heavy atom. The Bertz CT molecular complexity index is 930. The second kappa shape index (κ2) is 7.54. The van der Waals surface area contributed by atoms with Crippen LogP contribution in [0.1, 0.15) is 11.1 Å². The first-order chi connectivity index (χ1) is 12.8. The van der Waals surface area contributed by atoms with Crippen molar-refractivity contribution in [3.63, 3.8) is 0 Å². The van der Waals surface area contributed by atoms with Crippen molar-refractivity contribution in [2.45, 2.75) is 6.42 Å². The summed E-state index contributed by atoms with van der Waals surface area (Å²) in [5.74, 6) is 0. The van der Waals surface area contributed by atoms with E-state index < -0.39 is 0 Å². The van der Waals surface area contributed by atoms with Crippen LogP contribution in [0.5, 0.6) is 0 Å². The molecule has 1 aliphatic heterocycles. The van der Waals surface area contributed by atoms with E-state index >= 15 is 0 Å². The number of rotatable bonds is 6. The van der Waals surface area contributed by atoms with Gasteiger partial charge in [0.2, 0.25) is 5.13 Å². The molecule has 0 aliphatic carbocycles. The van der Waals surface area contributed by atoms with Crippen molar-refractivity contribution in [1.29, 1.82) is 0 Å². The number of thiazole rings is 1. The lowest BCUT2D eigenvalue weighted by Crippen LogP contribution is -2.19. The first-order valence-electron chi connectivity index (χ1n) is 8.62. The van der Waals surface area contributed by atoms with Crippen molar-refractivity contribution in [3.05, 3.63) is 77.7 Å². The molecule has 1 N–H and O–H groups in total. The molecule has 0 unspecified atom stereocenters. The van der Waals surface area contributed by atoms with Gasteiger partial charge in [-0.05, 0) is 29.7 Å². The van der Waals surface area contributed by atoms with E-state index in [9.17, 15) is 0 Å². The van der Waals surface area contributed by atoms with Crippen LogP contribution in [0.15, 0.2) is 71.7 Å². The summed E-state index contributed by atoms with van der Waals surface area (Å²) in [5.41, 5.74) is 8.89. The van der Waals surface area contributed by atoms with Crippen molar-refractivity contribution < 1.29 is 0 Å². The van der Waals surface area contributed by atoms with Crippen molar-refractivity contribution in [2.24, 2.45) is 5.10 Å². The van der Waals surface area contributed by atoms with Gasteiger partial charge < -0.3 is 4.90 Å². The fourth-order valence-corrected chi connectivity index (χ4v) is 3.81. The topological polar surface area (TPSA) is 40.5 Å². The second-order valence-electron chi connectivity index (χ2n) is 6.15. The minimum absolute atomic E-state index is 0.790. The molecule has 4 nitrogen and oxygen atoms in total. The zero-order valence-corrected chi connectivity index (χ0v) is 15.2. The molecule has 26 heavy (non-hydrogen) atoms. The Morgan fingerprint density at radius 1 is 1.23 bits per heavy atom. The van der Waals surface area contributed by atoms with Gasteiger partial charge in [0.1, 0.15) is 0 Å². The minimum Gasteiger partial charge on any atom is -0.367 e. The lowest BCUT2D eigenvalue weighted by atomic mass is 10.1. The summed E-state index contributed by atoms with van der Waals surface area (Å²) in [4.78, 5) is 6.93. The first kappa shape index (κ1) is 16.5. The Hall–Kier alpha value is -2.92. The van der Waals surface area contributed by atoms with Gasteiger partial charge in [0.05, 0.1) is 11.9 Å². The van der Waals surface area contributed by atoms with E-state index in [4.69, 9.17) is 0 Å². The first-order valence-corrected chi connectivity index (χ1v) is 9.50. The fourth-order valence-electron chi connectivity index (χ4n) is 3.14. The number of benzene rings is 2. The molecule has 1 aliphatic rings. The lowest BCUT2D eigenvalue weighted by Gasteiger charge is -2.16. The molecule has 0 atom stereocenters. The van der Waals surface area contributed by atoms with Crippen LogP contribution in [0.25, 0.3) is 11.3 Å². The zero-order valence-electron chi connectivity index (χ0n) is 14.4. The number of nitrogens with one attached hydrogen (secondary N) is 1. The molecule has 0 saturated carbocycles. The summed E-state index contributed by atoms with van der Waals surface area (Å²) in [7, 11) is 0. The molecule has 3 aromatic rings. The van der Waals surface area contributed by atoms with E-state index in [-0.39, 0.29) is 0 Å². The van der Waals surface area contributed by atoms with Gasteiger partial charge in [-0.1, -0.05) is 42.5 Å². The van der Waals surface area contributed by atoms with Crippen LogP contribution in [-0.2, 0) is 6.42 Å². The highest BCUT2D eigenvalue weighted by Gasteiger charge is 2.17. The monoisotopic (exact) mass is 360 g/mol. The summed E-state index contributed by atoms with van der Waals surface area (Å²) in [5, 5.41) is 7.17. The zero-order chi connectivity index (χ0) is 17.8. The molecule has 0 saturated heterocycles. The van der Waals surface area contributed by atoms with Crippen LogP contribution in [0.3, 0.4) is 0 Å². The van der Waals surface area contributed by atoms with Gasteiger partial charge in [-0.15, -0.1) is 17.9 Å². The largest absolute Gasteiger partial charge is 0.367 e. The number of anilines is 2. The van der Waals surface area contributed by atoms with Gasteiger partial charge in [-0.2, -0.15) is 5.10 Å². The van der Waals surface area contributed by atoms with E-state index in [1.54, 1.807) is 11.3 Å². The Morgan fingerprint density at radius 3 is 2.96 bits per heavy atom. The van der Waals surface area contributed by atoms with E-state index in [2.05, 4.69) is 57.3 Å². The summed E-state index contributed by atoms with van der Waals surface area (Å²) in [6.07, 6.45) is 4.87. The van der Waals surface area contributed by atoms with Crippen molar-refractivity contribution in [3.8, 4) is 11.3 Å². The van der Waals surface area contributed by atoms with Gasteiger partial charge >= 0.3 is 0 Å². The van der Waals surface area contributed by atoms with Gasteiger partial charge in [0, 0.05) is 29.7 Å². The third kappa shape index (κ3) is 3.53. The van der Waals surface area contributed by atoms with Crippen LogP contribution in [0, 0.1) is 0 Å². The molecule has 0 radical (unpaired) electrons. The number of hydrazone groups is 1. The number of hydrogen-bond donors (Lipinski definition) is 1. The van der Waals surface area contributed by atoms with Crippen LogP contribution in [0.4, 0.5) is 10.8 Å². The molecule has 2 heterocycles. The molecule has 0 amide bonds. The summed E-state index contributed by atoms with van der Waals surface area (Å²) in [6, 6.07) is 16.6. The summed E-state index contributed by atoms with van der Waals surface area (Å²) in [6.45, 7) is 5.78. The van der Waals surface area contributed by atoms with E-state index in [0.717, 1.165) is 41.5 Å². The van der Waals surface area contributed by atoms with E-state index in [1.807, 2.05) is 35.9 Å². The number of fused-ring (bicyclic) bond motifs is 1. The third-order valence-corrected chi connectivity index (χ3v) is 5.14. The molecule has 0 bridgehead atoms. The molecule has 1 aromatic heterocycles. The molecule has 2 aromatic carbocycles. The second-order valence-corrected chi connectivity index (χ2v) is 7.00. The maximum Gasteiger partial charge on any atom is 0.203 e. The molecular formula is C21H20N4S. The van der Waals surface area contributed by atoms with Crippen molar-refractivity contribution in [1.82, 2.24) is 4.98 Å². The van der Waals surface area contributed by atoms with Crippen LogP contribution in [-0.4, -0.2) is 24.3 Å². The molecular weight excluding hydrogens is 340 g/mol. The highest BCUT2D eigenvalue weighted by atomic mass is 32.1. The number of aromatic nitrogens is 1. The highest BCUT2D eigenvalue weighted by Crippen LogP contribution is 2.28. The number of hydrogen-bond acceptors (Lipinski definition) is 5. The molecule has 0 fully saturated rings. The van der Waals surface area contributed by atoms with Crippen molar-refractivity contribution >= 4 is 28.4 Å².